The fourth-order valence-electron chi connectivity index (χ4n) is 2.82. The average Bonchev–Trinajstić information content (AvgIpc) is 3.32. The Morgan fingerprint density at radius 1 is 1.29 bits per heavy atom. The molecule has 0 aliphatic carbocycles. The van der Waals surface area contributed by atoms with Crippen LogP contribution in [0.3, 0.4) is 0 Å². The number of nitrogens with zero attached hydrogens (tertiary/aromatic N) is 3. The van der Waals surface area contributed by atoms with Crippen molar-refractivity contribution in [3.05, 3.63) is 63.7 Å². The molecule has 0 spiro atoms. The number of amides is 1. The van der Waals surface area contributed by atoms with E-state index in [0.717, 1.165) is 6.42 Å². The number of nitrogen functional groups attached to an aromatic ring is 1. The Hall–Kier alpha value is -3.18. The van der Waals surface area contributed by atoms with Crippen molar-refractivity contribution in [3.63, 3.8) is 0 Å². The molecule has 2 heterocycles. The van der Waals surface area contributed by atoms with Crippen LogP contribution in [0.15, 0.2) is 41.8 Å². The predicted molar refractivity (Wildman–Crippen MR) is 107 cm³/mol. The maximum Gasteiger partial charge on any atom is 0.220 e. The highest BCUT2D eigenvalue weighted by Gasteiger charge is 2.16. The Morgan fingerprint density at radius 2 is 2.07 bits per heavy atom. The number of nitrogens with two attached hydrogens (primary N) is 1. The number of hydrogen-bond donors (Lipinski definition) is 2. The maximum atomic E-state index is 13.1. The summed E-state index contributed by atoms with van der Waals surface area (Å²) in [6, 6.07) is 11.8. The third-order valence-electron chi connectivity index (χ3n) is 4.27. The highest BCUT2D eigenvalue weighted by Crippen LogP contribution is 2.21. The van der Waals surface area contributed by atoms with Crippen LogP contribution in [-0.4, -0.2) is 22.2 Å². The van der Waals surface area contributed by atoms with Gasteiger partial charge in [0.2, 0.25) is 5.91 Å². The van der Waals surface area contributed by atoms with Gasteiger partial charge in [-0.1, -0.05) is 6.07 Å². The molecule has 0 saturated heterocycles. The van der Waals surface area contributed by atoms with Gasteiger partial charge in [0.25, 0.3) is 0 Å². The zero-order chi connectivity index (χ0) is 19.9. The van der Waals surface area contributed by atoms with Crippen LogP contribution in [0.1, 0.15) is 29.0 Å². The molecule has 0 atom stereocenters. The Labute approximate surface area is 166 Å². The molecule has 2 aromatic heterocycles. The summed E-state index contributed by atoms with van der Waals surface area (Å²) < 4.78 is 14.5. The van der Waals surface area contributed by atoms with Gasteiger partial charge in [0.15, 0.2) is 0 Å². The molecule has 6 nitrogen and oxygen atoms in total. The van der Waals surface area contributed by atoms with Gasteiger partial charge in [-0.3, -0.25) is 4.79 Å². The minimum atomic E-state index is -0.356. The van der Waals surface area contributed by atoms with Crippen LogP contribution in [0.25, 0.3) is 5.69 Å². The van der Waals surface area contributed by atoms with Gasteiger partial charge in [-0.05, 0) is 55.0 Å². The number of nitrogens with one attached hydrogen (secondary N) is 1. The number of benzene rings is 1. The second-order valence-electron chi connectivity index (χ2n) is 6.24. The fraction of sp³-hybridized carbons (Fsp3) is 0.250. The van der Waals surface area contributed by atoms with Gasteiger partial charge in [0.1, 0.15) is 23.3 Å². The molecule has 0 unspecified atom stereocenters. The Bertz CT molecular complexity index is 973. The third-order valence-corrected chi connectivity index (χ3v) is 5.20. The van der Waals surface area contributed by atoms with Crippen molar-refractivity contribution in [2.75, 3.05) is 12.3 Å². The number of halogens is 1. The summed E-state index contributed by atoms with van der Waals surface area (Å²) in [4.78, 5) is 13.1. The quantitative estimate of drug-likeness (QED) is 0.571. The Kier molecular flexibility index (Phi) is 6.40. The molecule has 0 fully saturated rings. The van der Waals surface area contributed by atoms with Crippen LogP contribution in [0.2, 0.25) is 0 Å². The second-order valence-corrected chi connectivity index (χ2v) is 7.27. The van der Waals surface area contributed by atoms with E-state index in [4.69, 9.17) is 5.73 Å². The molecule has 3 aromatic rings. The van der Waals surface area contributed by atoms with Crippen molar-refractivity contribution in [3.8, 4) is 11.8 Å². The normalized spacial score (nSPS) is 10.6. The molecule has 0 aliphatic heterocycles. The average molecular weight is 397 g/mol. The zero-order valence-electron chi connectivity index (χ0n) is 15.2. The van der Waals surface area contributed by atoms with Gasteiger partial charge in [-0.25, -0.2) is 9.07 Å². The van der Waals surface area contributed by atoms with E-state index in [0.29, 0.717) is 42.8 Å². The minimum Gasteiger partial charge on any atom is -0.382 e. The van der Waals surface area contributed by atoms with Crippen LogP contribution in [0.5, 0.6) is 0 Å². The van der Waals surface area contributed by atoms with Crippen molar-refractivity contribution in [1.29, 1.82) is 5.26 Å². The molecule has 8 heteroatoms. The number of carbonyl (C=O) groups excluding carboxylic acids is 1. The largest absolute Gasteiger partial charge is 0.382 e. The first-order valence-electron chi connectivity index (χ1n) is 8.91. The van der Waals surface area contributed by atoms with E-state index < -0.39 is 0 Å². The Morgan fingerprint density at radius 3 is 2.75 bits per heavy atom. The highest BCUT2D eigenvalue weighted by atomic mass is 32.1. The van der Waals surface area contributed by atoms with E-state index in [1.54, 1.807) is 23.5 Å². The van der Waals surface area contributed by atoms with Crippen molar-refractivity contribution in [2.24, 2.45) is 0 Å². The topological polar surface area (TPSA) is 96.7 Å². The molecule has 1 amide bonds. The molecular weight excluding hydrogens is 377 g/mol. The zero-order valence-corrected chi connectivity index (χ0v) is 16.0. The van der Waals surface area contributed by atoms with E-state index >= 15 is 0 Å². The number of anilines is 1. The predicted octanol–water partition coefficient (Wildman–Crippen LogP) is 3.21. The van der Waals surface area contributed by atoms with Crippen molar-refractivity contribution < 1.29 is 9.18 Å². The van der Waals surface area contributed by atoms with Crippen molar-refractivity contribution in [2.45, 2.75) is 25.7 Å². The molecule has 0 bridgehead atoms. The van der Waals surface area contributed by atoms with Gasteiger partial charge in [0.05, 0.1) is 11.4 Å². The standard InChI is InChI=1S/C20H20FN5OS/c21-14-5-7-15(8-6-14)26-20(23)17(13-22)18(25-26)4-1-11-24-19(27)10-9-16-3-2-12-28-16/h2-3,5-8,12H,1,4,9-11,23H2,(H,24,27). The lowest BCUT2D eigenvalue weighted by Crippen LogP contribution is -2.25. The van der Waals surface area contributed by atoms with E-state index in [1.165, 1.54) is 21.7 Å². The summed E-state index contributed by atoms with van der Waals surface area (Å²) in [5.41, 5.74) is 7.51. The van der Waals surface area contributed by atoms with Gasteiger partial charge in [-0.15, -0.1) is 11.3 Å². The van der Waals surface area contributed by atoms with Crippen LogP contribution < -0.4 is 11.1 Å². The lowest BCUT2D eigenvalue weighted by molar-refractivity contribution is -0.121. The molecule has 144 valence electrons. The lowest BCUT2D eigenvalue weighted by atomic mass is 10.1. The number of aryl methyl sites for hydroxylation is 2. The molecule has 3 N–H and O–H groups in total. The SMILES string of the molecule is N#Cc1c(CCCNC(=O)CCc2cccs2)nn(-c2ccc(F)cc2)c1N. The Balaban J connectivity index is 1.54. The smallest absolute Gasteiger partial charge is 0.220 e. The number of aromatic nitrogens is 2. The first-order chi connectivity index (χ1) is 13.6. The van der Waals surface area contributed by atoms with Gasteiger partial charge in [0, 0.05) is 17.8 Å². The first-order valence-corrected chi connectivity index (χ1v) is 9.79. The number of rotatable bonds is 8. The van der Waals surface area contributed by atoms with Crippen LogP contribution >= 0.6 is 11.3 Å². The second kappa shape index (κ2) is 9.15. The summed E-state index contributed by atoms with van der Waals surface area (Å²) in [5.74, 6) is -0.126. The van der Waals surface area contributed by atoms with Crippen molar-refractivity contribution >= 4 is 23.1 Å². The first kappa shape index (κ1) is 19.6. The monoisotopic (exact) mass is 397 g/mol. The number of nitriles is 1. The van der Waals surface area contributed by atoms with Gasteiger partial charge < -0.3 is 11.1 Å². The minimum absolute atomic E-state index is 0.00487. The number of carbonyl (C=O) groups is 1. The van der Waals surface area contributed by atoms with E-state index in [2.05, 4.69) is 16.5 Å². The van der Waals surface area contributed by atoms with E-state index in [-0.39, 0.29) is 17.5 Å². The highest BCUT2D eigenvalue weighted by molar-refractivity contribution is 7.09. The molecule has 1 aromatic carbocycles. The summed E-state index contributed by atoms with van der Waals surface area (Å²) >= 11 is 1.64. The molecule has 3 rings (SSSR count). The molecule has 0 saturated carbocycles. The van der Waals surface area contributed by atoms with Gasteiger partial charge >= 0.3 is 0 Å². The summed E-state index contributed by atoms with van der Waals surface area (Å²) in [6.45, 7) is 0.497. The van der Waals surface area contributed by atoms with Gasteiger partial charge in [-0.2, -0.15) is 10.4 Å². The maximum absolute atomic E-state index is 13.1. The molecule has 0 radical (unpaired) electrons. The summed E-state index contributed by atoms with van der Waals surface area (Å²) in [6.07, 6.45) is 2.34. The van der Waals surface area contributed by atoms with Crippen LogP contribution in [-0.2, 0) is 17.6 Å². The summed E-state index contributed by atoms with van der Waals surface area (Å²) in [7, 11) is 0. The van der Waals surface area contributed by atoms with E-state index in [1.807, 2.05) is 17.5 Å². The molecule has 28 heavy (non-hydrogen) atoms. The van der Waals surface area contributed by atoms with Crippen molar-refractivity contribution in [1.82, 2.24) is 15.1 Å². The van der Waals surface area contributed by atoms with Crippen LogP contribution in [0, 0.1) is 17.1 Å². The third kappa shape index (κ3) is 4.75. The summed E-state index contributed by atoms with van der Waals surface area (Å²) in [5, 5.41) is 18.7. The lowest BCUT2D eigenvalue weighted by Gasteiger charge is -2.04. The van der Waals surface area contributed by atoms with E-state index in [9.17, 15) is 14.4 Å². The van der Waals surface area contributed by atoms with Crippen LogP contribution in [0.4, 0.5) is 10.2 Å². The fourth-order valence-corrected chi connectivity index (χ4v) is 3.53. The number of thiophene rings is 1. The number of hydrogen-bond acceptors (Lipinski definition) is 5. The molecular formula is C20H20FN5OS. The molecule has 0 aliphatic rings.